The first kappa shape index (κ1) is 15.5. The molecule has 3 nitrogen and oxygen atoms in total. The van der Waals surface area contributed by atoms with E-state index in [0.29, 0.717) is 11.8 Å². The van der Waals surface area contributed by atoms with Crippen molar-refractivity contribution < 1.29 is 4.79 Å². The second kappa shape index (κ2) is 9.70. The van der Waals surface area contributed by atoms with Crippen molar-refractivity contribution in [3.63, 3.8) is 0 Å². The van der Waals surface area contributed by atoms with E-state index >= 15 is 0 Å². The van der Waals surface area contributed by atoms with Gasteiger partial charge in [0.2, 0.25) is 5.91 Å². The molecule has 0 aromatic heterocycles. The molecule has 0 saturated carbocycles. The lowest BCUT2D eigenvalue weighted by atomic mass is 10.1. The Morgan fingerprint density at radius 1 is 1.50 bits per heavy atom. The fourth-order valence-electron chi connectivity index (χ4n) is 1.46. The van der Waals surface area contributed by atoms with Gasteiger partial charge in [0.1, 0.15) is 0 Å². The number of carbonyl (C=O) groups is 1. The van der Waals surface area contributed by atoms with E-state index in [4.69, 9.17) is 5.41 Å². The molecule has 16 heavy (non-hydrogen) atoms. The monoisotopic (exact) mass is 244 g/mol. The first-order valence-electron chi connectivity index (χ1n) is 5.97. The van der Waals surface area contributed by atoms with E-state index in [2.05, 4.69) is 26.1 Å². The molecule has 4 heteroatoms. The third kappa shape index (κ3) is 8.77. The molecule has 0 aliphatic rings. The van der Waals surface area contributed by atoms with Gasteiger partial charge < -0.3 is 10.7 Å². The van der Waals surface area contributed by atoms with Gasteiger partial charge in [-0.2, -0.15) is 11.8 Å². The van der Waals surface area contributed by atoms with Gasteiger partial charge >= 0.3 is 0 Å². The molecule has 0 aliphatic carbocycles. The third-order valence-corrected chi connectivity index (χ3v) is 3.69. The zero-order valence-electron chi connectivity index (χ0n) is 10.6. The van der Waals surface area contributed by atoms with Crippen LogP contribution in [-0.2, 0) is 4.79 Å². The predicted molar refractivity (Wildman–Crippen MR) is 72.4 cm³/mol. The normalized spacial score (nSPS) is 12.5. The highest BCUT2D eigenvalue weighted by Gasteiger charge is 2.08. The number of rotatable bonds is 9. The molecule has 2 N–H and O–H groups in total. The SMILES string of the molecule is CCC(CC(C)C)SCCNC(=O)CC=N. The van der Waals surface area contributed by atoms with Crippen LogP contribution in [0, 0.1) is 11.3 Å². The molecule has 1 unspecified atom stereocenters. The zero-order chi connectivity index (χ0) is 12.4. The summed E-state index contributed by atoms with van der Waals surface area (Å²) >= 11 is 1.94. The Bertz CT molecular complexity index is 207. The molecule has 0 aromatic rings. The molecular formula is C12H24N2OS. The van der Waals surface area contributed by atoms with E-state index < -0.39 is 0 Å². The molecule has 1 amide bonds. The van der Waals surface area contributed by atoms with E-state index in [0.717, 1.165) is 17.9 Å². The second-order valence-electron chi connectivity index (χ2n) is 4.29. The smallest absolute Gasteiger partial charge is 0.225 e. The number of carbonyl (C=O) groups excluding carboxylic acids is 1. The lowest BCUT2D eigenvalue weighted by molar-refractivity contribution is -0.119. The van der Waals surface area contributed by atoms with Crippen molar-refractivity contribution in [1.82, 2.24) is 5.32 Å². The van der Waals surface area contributed by atoms with Crippen molar-refractivity contribution in [3.8, 4) is 0 Å². The minimum Gasteiger partial charge on any atom is -0.355 e. The van der Waals surface area contributed by atoms with Crippen LogP contribution in [0.4, 0.5) is 0 Å². The molecule has 0 aliphatic heterocycles. The average Bonchev–Trinajstić information content (AvgIpc) is 2.22. The lowest BCUT2D eigenvalue weighted by Crippen LogP contribution is -2.26. The predicted octanol–water partition coefficient (Wildman–Crippen LogP) is 2.70. The number of thioether (sulfide) groups is 1. The first-order valence-corrected chi connectivity index (χ1v) is 7.02. The van der Waals surface area contributed by atoms with Crippen molar-refractivity contribution in [2.24, 2.45) is 5.92 Å². The van der Waals surface area contributed by atoms with Gasteiger partial charge in [0.05, 0.1) is 6.42 Å². The second-order valence-corrected chi connectivity index (χ2v) is 5.70. The van der Waals surface area contributed by atoms with Crippen molar-refractivity contribution in [2.45, 2.75) is 45.3 Å². The molecule has 0 radical (unpaired) electrons. The topological polar surface area (TPSA) is 53.0 Å². The van der Waals surface area contributed by atoms with Gasteiger partial charge in [-0.25, -0.2) is 0 Å². The first-order chi connectivity index (χ1) is 7.60. The van der Waals surface area contributed by atoms with Crippen LogP contribution in [0.3, 0.4) is 0 Å². The quantitative estimate of drug-likeness (QED) is 0.484. The Kier molecular flexibility index (Phi) is 9.39. The summed E-state index contributed by atoms with van der Waals surface area (Å²) in [5.74, 6) is 1.66. The molecule has 0 fully saturated rings. The van der Waals surface area contributed by atoms with Crippen molar-refractivity contribution in [2.75, 3.05) is 12.3 Å². The van der Waals surface area contributed by atoms with Crippen LogP contribution in [-0.4, -0.2) is 29.7 Å². The van der Waals surface area contributed by atoms with E-state index in [9.17, 15) is 4.79 Å². The Labute approximate surface area is 103 Å². The van der Waals surface area contributed by atoms with Gasteiger partial charge in [-0.05, 0) is 18.8 Å². The van der Waals surface area contributed by atoms with Crippen LogP contribution < -0.4 is 5.32 Å². The summed E-state index contributed by atoms with van der Waals surface area (Å²) in [6, 6.07) is 0. The Morgan fingerprint density at radius 3 is 2.69 bits per heavy atom. The van der Waals surface area contributed by atoms with Gasteiger partial charge in [0.15, 0.2) is 0 Å². The van der Waals surface area contributed by atoms with E-state index in [-0.39, 0.29) is 12.3 Å². The summed E-state index contributed by atoms with van der Waals surface area (Å²) in [6.07, 6.45) is 3.77. The van der Waals surface area contributed by atoms with E-state index in [1.54, 1.807) is 0 Å². The summed E-state index contributed by atoms with van der Waals surface area (Å²) < 4.78 is 0. The van der Waals surface area contributed by atoms with Crippen LogP contribution in [0.2, 0.25) is 0 Å². The summed E-state index contributed by atoms with van der Waals surface area (Å²) in [7, 11) is 0. The van der Waals surface area contributed by atoms with Crippen LogP contribution in [0.1, 0.15) is 40.0 Å². The molecule has 0 heterocycles. The molecule has 0 aromatic carbocycles. The maximum Gasteiger partial charge on any atom is 0.225 e. The molecule has 0 saturated heterocycles. The molecule has 1 atom stereocenters. The number of hydrogen-bond donors (Lipinski definition) is 2. The standard InChI is InChI=1S/C12H24N2OS/c1-4-11(9-10(2)3)16-8-7-14-12(15)5-6-13/h6,10-11,13H,4-5,7-9H2,1-3H3,(H,14,15). The van der Waals surface area contributed by atoms with Gasteiger partial charge in [0, 0.05) is 23.8 Å². The molecule has 0 bridgehead atoms. The maximum absolute atomic E-state index is 11.1. The van der Waals surface area contributed by atoms with Crippen LogP contribution in [0.15, 0.2) is 0 Å². The Balaban J connectivity index is 3.54. The zero-order valence-corrected chi connectivity index (χ0v) is 11.4. The summed E-state index contributed by atoms with van der Waals surface area (Å²) in [6.45, 7) is 7.42. The molecular weight excluding hydrogens is 220 g/mol. The Hall–Kier alpha value is -0.510. The summed E-state index contributed by atoms with van der Waals surface area (Å²) in [4.78, 5) is 11.1. The number of nitrogens with one attached hydrogen (secondary N) is 2. The summed E-state index contributed by atoms with van der Waals surface area (Å²) in [5, 5.41) is 10.3. The Morgan fingerprint density at radius 2 is 2.19 bits per heavy atom. The largest absolute Gasteiger partial charge is 0.355 e. The minimum atomic E-state index is -0.0486. The van der Waals surface area contributed by atoms with Gasteiger partial charge in [-0.1, -0.05) is 20.8 Å². The third-order valence-electron chi connectivity index (χ3n) is 2.25. The highest BCUT2D eigenvalue weighted by atomic mass is 32.2. The number of hydrogen-bond acceptors (Lipinski definition) is 3. The van der Waals surface area contributed by atoms with Crippen LogP contribution in [0.5, 0.6) is 0 Å². The van der Waals surface area contributed by atoms with Crippen molar-refractivity contribution >= 4 is 23.9 Å². The molecule has 0 spiro atoms. The summed E-state index contributed by atoms with van der Waals surface area (Å²) in [5.41, 5.74) is 0. The van der Waals surface area contributed by atoms with Crippen molar-refractivity contribution in [1.29, 1.82) is 5.41 Å². The highest BCUT2D eigenvalue weighted by Crippen LogP contribution is 2.21. The fourth-order valence-corrected chi connectivity index (χ4v) is 2.77. The maximum atomic E-state index is 11.1. The highest BCUT2D eigenvalue weighted by molar-refractivity contribution is 7.99. The fraction of sp³-hybridized carbons (Fsp3) is 0.833. The van der Waals surface area contributed by atoms with Crippen LogP contribution in [0.25, 0.3) is 0 Å². The van der Waals surface area contributed by atoms with E-state index in [1.807, 2.05) is 11.8 Å². The van der Waals surface area contributed by atoms with Gasteiger partial charge in [-0.3, -0.25) is 4.79 Å². The van der Waals surface area contributed by atoms with Gasteiger partial charge in [0.25, 0.3) is 0 Å². The average molecular weight is 244 g/mol. The number of amides is 1. The van der Waals surface area contributed by atoms with Gasteiger partial charge in [-0.15, -0.1) is 0 Å². The van der Waals surface area contributed by atoms with E-state index in [1.165, 1.54) is 12.8 Å². The van der Waals surface area contributed by atoms with Crippen LogP contribution >= 0.6 is 11.8 Å². The molecule has 0 rings (SSSR count). The molecule has 94 valence electrons. The lowest BCUT2D eigenvalue weighted by Gasteiger charge is -2.16. The minimum absolute atomic E-state index is 0.0486. The van der Waals surface area contributed by atoms with Crippen molar-refractivity contribution in [3.05, 3.63) is 0 Å².